The molecule has 37 heavy (non-hydrogen) atoms. The van der Waals surface area contributed by atoms with Gasteiger partial charge in [0.1, 0.15) is 0 Å². The molecule has 0 aromatic heterocycles. The normalized spacial score (nSPS) is 19.5. The van der Waals surface area contributed by atoms with Crippen LogP contribution >= 0.6 is 34.8 Å². The highest BCUT2D eigenvalue weighted by atomic mass is 35.5. The first-order chi connectivity index (χ1) is 17.4. The summed E-state index contributed by atoms with van der Waals surface area (Å²) in [5, 5.41) is 2.36. The predicted octanol–water partition coefficient (Wildman–Crippen LogP) is 10.6. The van der Waals surface area contributed by atoms with E-state index in [1.165, 1.54) is 33.6 Å². The number of halogens is 3. The van der Waals surface area contributed by atoms with Gasteiger partial charge in [0, 0.05) is 43.8 Å². The van der Waals surface area contributed by atoms with E-state index in [9.17, 15) is 0 Å². The SMILES string of the molecule is C=C(/C=C/C1=C(Cl)C(=C/C=C2/N(CC)c3ccc(Cl)cc3C2(C)C)/CC1)C(C)(C)c1cc(Cl)ccc1C. The zero-order chi connectivity index (χ0) is 27.1. The molecule has 0 N–H and O–H groups in total. The monoisotopic (exact) mass is 551 g/mol. The molecule has 194 valence electrons. The fourth-order valence-corrected chi connectivity index (χ4v) is 6.19. The summed E-state index contributed by atoms with van der Waals surface area (Å²) < 4.78 is 0. The molecule has 0 bridgehead atoms. The second kappa shape index (κ2) is 10.5. The van der Waals surface area contributed by atoms with Crippen LogP contribution in [0.5, 0.6) is 0 Å². The molecule has 0 amide bonds. The number of nitrogens with zero attached hydrogens (tertiary/aromatic N) is 1. The molecule has 1 nitrogen and oxygen atoms in total. The molecule has 2 aliphatic rings. The Morgan fingerprint density at radius 3 is 2.41 bits per heavy atom. The molecular weight excluding hydrogens is 517 g/mol. The van der Waals surface area contributed by atoms with Gasteiger partial charge in [-0.15, -0.1) is 0 Å². The molecule has 4 heteroatoms. The van der Waals surface area contributed by atoms with Crippen LogP contribution in [-0.2, 0) is 10.8 Å². The van der Waals surface area contributed by atoms with Gasteiger partial charge in [0.2, 0.25) is 0 Å². The molecule has 1 aliphatic carbocycles. The van der Waals surface area contributed by atoms with Gasteiger partial charge in [-0.3, -0.25) is 0 Å². The third kappa shape index (κ3) is 5.24. The van der Waals surface area contributed by atoms with Gasteiger partial charge in [0.05, 0.1) is 0 Å². The number of likely N-dealkylation sites (N-methyl/N-ethyl adjacent to an activating group) is 1. The summed E-state index contributed by atoms with van der Waals surface area (Å²) in [6.45, 7) is 18.5. The van der Waals surface area contributed by atoms with Crippen LogP contribution in [-0.4, -0.2) is 6.54 Å². The van der Waals surface area contributed by atoms with Crippen LogP contribution in [0.15, 0.2) is 94.7 Å². The average Bonchev–Trinajstić information content (AvgIpc) is 3.30. The molecule has 2 aromatic carbocycles. The number of anilines is 1. The number of hydrogen-bond acceptors (Lipinski definition) is 1. The molecule has 0 saturated carbocycles. The van der Waals surface area contributed by atoms with E-state index in [1.54, 1.807) is 0 Å². The summed E-state index contributed by atoms with van der Waals surface area (Å²) >= 11 is 19.5. The van der Waals surface area contributed by atoms with Crippen molar-refractivity contribution in [3.63, 3.8) is 0 Å². The summed E-state index contributed by atoms with van der Waals surface area (Å²) in [5.41, 5.74) is 9.13. The third-order valence-corrected chi connectivity index (χ3v) is 8.96. The van der Waals surface area contributed by atoms with Crippen LogP contribution < -0.4 is 4.90 Å². The fourth-order valence-electron chi connectivity index (χ4n) is 5.53. The first kappa shape index (κ1) is 27.8. The lowest BCUT2D eigenvalue weighted by molar-refractivity contribution is 0.634. The minimum absolute atomic E-state index is 0.132. The lowest BCUT2D eigenvalue weighted by Crippen LogP contribution is -2.25. The Bertz CT molecular complexity index is 1370. The molecule has 0 fully saturated rings. The number of benzene rings is 2. The Morgan fingerprint density at radius 1 is 1.03 bits per heavy atom. The molecule has 2 aromatic rings. The summed E-state index contributed by atoms with van der Waals surface area (Å²) in [4.78, 5) is 2.38. The fraction of sp³-hybridized carbons (Fsp3) is 0.333. The zero-order valence-electron chi connectivity index (χ0n) is 22.7. The second-order valence-electron chi connectivity index (χ2n) is 11.1. The highest BCUT2D eigenvalue weighted by Gasteiger charge is 2.39. The van der Waals surface area contributed by atoms with Crippen molar-refractivity contribution in [2.24, 2.45) is 0 Å². The van der Waals surface area contributed by atoms with Crippen molar-refractivity contribution in [1.82, 2.24) is 0 Å². The van der Waals surface area contributed by atoms with E-state index < -0.39 is 0 Å². The van der Waals surface area contributed by atoms with E-state index in [2.05, 4.69) is 95.5 Å². The molecule has 4 rings (SSSR count). The maximum Gasteiger partial charge on any atom is 0.0470 e. The molecular formula is C33H36Cl3N. The highest BCUT2D eigenvalue weighted by molar-refractivity contribution is 6.33. The maximum absolute atomic E-state index is 6.89. The van der Waals surface area contributed by atoms with Crippen LogP contribution in [0.25, 0.3) is 0 Å². The van der Waals surface area contributed by atoms with Crippen molar-refractivity contribution in [1.29, 1.82) is 0 Å². The average molecular weight is 553 g/mol. The van der Waals surface area contributed by atoms with E-state index >= 15 is 0 Å². The summed E-state index contributed by atoms with van der Waals surface area (Å²) in [7, 11) is 0. The quantitative estimate of drug-likeness (QED) is 0.322. The standard InChI is InChI=1S/C33H36Cl3N/c1-8-37-29-17-16-26(35)20-28(29)33(6,7)30(37)18-14-24-13-12-23(31(24)36)11-10-22(3)32(4,5)27-19-25(34)15-9-21(27)2/h9-11,14-20H,3,8,12-13H2,1-2,4-7H3/b11-10+,24-14+,30-18+. The third-order valence-electron chi connectivity index (χ3n) is 8.00. The first-order valence-corrected chi connectivity index (χ1v) is 14.0. The van der Waals surface area contributed by atoms with Gasteiger partial charge >= 0.3 is 0 Å². The minimum Gasteiger partial charge on any atom is -0.344 e. The Kier molecular flexibility index (Phi) is 7.92. The van der Waals surface area contributed by atoms with Crippen LogP contribution in [0.4, 0.5) is 5.69 Å². The van der Waals surface area contributed by atoms with E-state index in [0.29, 0.717) is 0 Å². The summed E-state index contributed by atoms with van der Waals surface area (Å²) in [5.74, 6) is 0. The Morgan fingerprint density at radius 2 is 1.70 bits per heavy atom. The Hall–Kier alpha value is -2.19. The van der Waals surface area contributed by atoms with Crippen molar-refractivity contribution in [2.75, 3.05) is 11.4 Å². The van der Waals surface area contributed by atoms with Crippen molar-refractivity contribution >= 4 is 40.5 Å². The van der Waals surface area contributed by atoms with Gasteiger partial charge in [-0.2, -0.15) is 0 Å². The molecule has 0 atom stereocenters. The summed E-state index contributed by atoms with van der Waals surface area (Å²) in [6, 6.07) is 12.2. The van der Waals surface area contributed by atoms with Crippen molar-refractivity contribution < 1.29 is 0 Å². The maximum atomic E-state index is 6.89. The number of hydrogen-bond donors (Lipinski definition) is 0. The second-order valence-corrected chi connectivity index (χ2v) is 12.3. The first-order valence-electron chi connectivity index (χ1n) is 12.9. The topological polar surface area (TPSA) is 3.24 Å². The molecule has 0 spiro atoms. The highest BCUT2D eigenvalue weighted by Crippen LogP contribution is 2.48. The van der Waals surface area contributed by atoms with Gasteiger partial charge in [-0.25, -0.2) is 0 Å². The van der Waals surface area contributed by atoms with Crippen LogP contribution in [0, 0.1) is 6.92 Å². The van der Waals surface area contributed by atoms with Gasteiger partial charge in [-0.1, -0.05) is 93.4 Å². The number of allylic oxidation sites excluding steroid dienone is 9. The van der Waals surface area contributed by atoms with Crippen molar-refractivity contribution in [3.8, 4) is 0 Å². The van der Waals surface area contributed by atoms with Gasteiger partial charge in [-0.05, 0) is 96.5 Å². The Balaban J connectivity index is 1.59. The number of aryl methyl sites for hydroxylation is 1. The van der Waals surface area contributed by atoms with Gasteiger partial charge < -0.3 is 4.90 Å². The minimum atomic E-state index is -0.240. The zero-order valence-corrected chi connectivity index (χ0v) is 25.0. The van der Waals surface area contributed by atoms with E-state index in [4.69, 9.17) is 34.8 Å². The smallest absolute Gasteiger partial charge is 0.0470 e. The van der Waals surface area contributed by atoms with Crippen LogP contribution in [0.3, 0.4) is 0 Å². The largest absolute Gasteiger partial charge is 0.344 e. The molecule has 0 unspecified atom stereocenters. The summed E-state index contributed by atoms with van der Waals surface area (Å²) in [6.07, 6.45) is 10.5. The van der Waals surface area contributed by atoms with Crippen LogP contribution in [0.1, 0.15) is 64.2 Å². The van der Waals surface area contributed by atoms with Crippen LogP contribution in [0.2, 0.25) is 10.0 Å². The molecule has 0 saturated heterocycles. The number of fused-ring (bicyclic) bond motifs is 1. The molecule has 1 heterocycles. The van der Waals surface area contributed by atoms with E-state index in [0.717, 1.165) is 45.6 Å². The lowest BCUT2D eigenvalue weighted by Gasteiger charge is -2.28. The van der Waals surface area contributed by atoms with E-state index in [1.807, 2.05) is 18.2 Å². The predicted molar refractivity (Wildman–Crippen MR) is 163 cm³/mol. The molecule has 1 aliphatic heterocycles. The Labute approximate surface area is 237 Å². The lowest BCUT2D eigenvalue weighted by atomic mass is 9.76. The molecule has 0 radical (unpaired) electrons. The van der Waals surface area contributed by atoms with Crippen molar-refractivity contribution in [3.05, 3.63) is 121 Å². The van der Waals surface area contributed by atoms with Crippen molar-refractivity contribution in [2.45, 2.75) is 65.2 Å². The number of rotatable bonds is 6. The van der Waals surface area contributed by atoms with Gasteiger partial charge in [0.25, 0.3) is 0 Å². The van der Waals surface area contributed by atoms with E-state index in [-0.39, 0.29) is 10.8 Å². The van der Waals surface area contributed by atoms with Gasteiger partial charge in [0.15, 0.2) is 0 Å².